The van der Waals surface area contributed by atoms with Crippen LogP contribution in [0.15, 0.2) is 41.8 Å². The third-order valence-electron chi connectivity index (χ3n) is 2.30. The van der Waals surface area contributed by atoms with Crippen molar-refractivity contribution in [1.82, 2.24) is 5.32 Å². The quantitative estimate of drug-likeness (QED) is 0.839. The molecule has 0 fully saturated rings. The van der Waals surface area contributed by atoms with Gasteiger partial charge in [0.25, 0.3) is 0 Å². The zero-order chi connectivity index (χ0) is 10.7. The minimum Gasteiger partial charge on any atom is -0.309 e. The summed E-state index contributed by atoms with van der Waals surface area (Å²) in [4.78, 5) is 1.20. The lowest BCUT2D eigenvalue weighted by atomic mass is 10.1. The van der Waals surface area contributed by atoms with Gasteiger partial charge in [-0.05, 0) is 36.2 Å². The van der Waals surface area contributed by atoms with E-state index in [0.717, 1.165) is 5.56 Å². The Bertz CT molecular complexity index is 425. The van der Waals surface area contributed by atoms with Crippen molar-refractivity contribution < 1.29 is 4.39 Å². The molecule has 3 heteroatoms. The number of halogens is 1. The zero-order valence-corrected chi connectivity index (χ0v) is 9.22. The molecule has 2 rings (SSSR count). The van der Waals surface area contributed by atoms with Gasteiger partial charge >= 0.3 is 0 Å². The number of hydrogen-bond acceptors (Lipinski definition) is 2. The van der Waals surface area contributed by atoms with E-state index in [4.69, 9.17) is 0 Å². The minimum absolute atomic E-state index is 0.0840. The maximum absolute atomic E-state index is 13.1. The average molecular weight is 221 g/mol. The van der Waals surface area contributed by atoms with E-state index in [2.05, 4.69) is 11.4 Å². The van der Waals surface area contributed by atoms with Gasteiger partial charge in [0.15, 0.2) is 0 Å². The molecule has 15 heavy (non-hydrogen) atoms. The van der Waals surface area contributed by atoms with Crippen molar-refractivity contribution in [3.8, 4) is 0 Å². The Morgan fingerprint density at radius 3 is 2.73 bits per heavy atom. The summed E-state index contributed by atoms with van der Waals surface area (Å²) in [5.74, 6) is -0.190. The molecule has 0 saturated heterocycles. The molecule has 0 spiro atoms. The number of nitrogens with one attached hydrogen (secondary N) is 1. The van der Waals surface area contributed by atoms with E-state index in [1.807, 2.05) is 24.6 Å². The fourth-order valence-corrected chi connectivity index (χ4v) is 2.48. The molecule has 0 bridgehead atoms. The van der Waals surface area contributed by atoms with Crippen LogP contribution in [0.1, 0.15) is 16.5 Å². The first kappa shape index (κ1) is 10.3. The summed E-state index contributed by atoms with van der Waals surface area (Å²) in [5, 5.41) is 5.22. The lowest BCUT2D eigenvalue weighted by Gasteiger charge is -2.14. The number of thiophene rings is 1. The standard InChI is InChI=1S/C12H12FNS/c1-14-12(11-6-3-7-15-11)9-4-2-5-10(13)8-9/h2-8,12,14H,1H3. The lowest BCUT2D eigenvalue weighted by molar-refractivity contribution is 0.618. The van der Waals surface area contributed by atoms with Crippen molar-refractivity contribution in [1.29, 1.82) is 0 Å². The number of rotatable bonds is 3. The normalized spacial score (nSPS) is 12.7. The molecule has 1 unspecified atom stereocenters. The van der Waals surface area contributed by atoms with E-state index in [0.29, 0.717) is 0 Å². The van der Waals surface area contributed by atoms with Crippen LogP contribution in [-0.4, -0.2) is 7.05 Å². The third kappa shape index (κ3) is 2.25. The van der Waals surface area contributed by atoms with E-state index in [9.17, 15) is 4.39 Å². The minimum atomic E-state index is -0.190. The summed E-state index contributed by atoms with van der Waals surface area (Å²) in [6.45, 7) is 0. The molecule has 0 aliphatic rings. The van der Waals surface area contributed by atoms with E-state index in [1.165, 1.54) is 10.9 Å². The summed E-state index contributed by atoms with van der Waals surface area (Å²) in [7, 11) is 1.88. The first-order chi connectivity index (χ1) is 7.31. The van der Waals surface area contributed by atoms with Gasteiger partial charge in [0.2, 0.25) is 0 Å². The van der Waals surface area contributed by atoms with Gasteiger partial charge in [-0.3, -0.25) is 0 Å². The van der Waals surface area contributed by atoms with Crippen LogP contribution in [0.4, 0.5) is 4.39 Å². The molecule has 1 N–H and O–H groups in total. The maximum atomic E-state index is 13.1. The van der Waals surface area contributed by atoms with Crippen molar-refractivity contribution in [2.45, 2.75) is 6.04 Å². The second-order valence-corrected chi connectivity index (χ2v) is 4.27. The molecule has 0 saturated carbocycles. The summed E-state index contributed by atoms with van der Waals surface area (Å²) < 4.78 is 13.1. The van der Waals surface area contributed by atoms with Crippen molar-refractivity contribution in [3.63, 3.8) is 0 Å². The first-order valence-electron chi connectivity index (χ1n) is 4.77. The van der Waals surface area contributed by atoms with Gasteiger partial charge in [-0.15, -0.1) is 11.3 Å². The van der Waals surface area contributed by atoms with Crippen molar-refractivity contribution in [2.75, 3.05) is 7.05 Å². The number of hydrogen-bond donors (Lipinski definition) is 1. The zero-order valence-electron chi connectivity index (χ0n) is 8.41. The van der Waals surface area contributed by atoms with Crippen LogP contribution in [0.2, 0.25) is 0 Å². The SMILES string of the molecule is CNC(c1cccc(F)c1)c1cccs1. The maximum Gasteiger partial charge on any atom is 0.123 e. The molecule has 0 aliphatic heterocycles. The summed E-state index contributed by atoms with van der Waals surface area (Å²) in [5.41, 5.74) is 0.958. The lowest BCUT2D eigenvalue weighted by Crippen LogP contribution is -2.16. The molecule has 2 aromatic rings. The summed E-state index contributed by atoms with van der Waals surface area (Å²) in [6.07, 6.45) is 0. The average Bonchev–Trinajstić information content (AvgIpc) is 2.72. The van der Waals surface area contributed by atoms with Crippen LogP contribution in [-0.2, 0) is 0 Å². The Morgan fingerprint density at radius 1 is 1.27 bits per heavy atom. The van der Waals surface area contributed by atoms with E-state index < -0.39 is 0 Å². The highest BCUT2D eigenvalue weighted by atomic mass is 32.1. The predicted molar refractivity (Wildman–Crippen MR) is 61.6 cm³/mol. The third-order valence-corrected chi connectivity index (χ3v) is 3.24. The van der Waals surface area contributed by atoms with Gasteiger partial charge in [0, 0.05) is 4.88 Å². The fourth-order valence-electron chi connectivity index (χ4n) is 1.61. The molecular weight excluding hydrogens is 209 g/mol. The number of benzene rings is 1. The largest absolute Gasteiger partial charge is 0.309 e. The van der Waals surface area contributed by atoms with Crippen molar-refractivity contribution in [3.05, 3.63) is 58.0 Å². The van der Waals surface area contributed by atoms with Gasteiger partial charge in [0.05, 0.1) is 6.04 Å². The highest BCUT2D eigenvalue weighted by Crippen LogP contribution is 2.25. The fraction of sp³-hybridized carbons (Fsp3) is 0.167. The molecule has 78 valence electrons. The van der Waals surface area contributed by atoms with E-state index in [-0.39, 0.29) is 11.9 Å². The van der Waals surface area contributed by atoms with Crippen LogP contribution in [0.25, 0.3) is 0 Å². The second-order valence-electron chi connectivity index (χ2n) is 3.29. The monoisotopic (exact) mass is 221 g/mol. The smallest absolute Gasteiger partial charge is 0.123 e. The molecule has 1 atom stereocenters. The molecule has 1 aromatic carbocycles. The van der Waals surface area contributed by atoms with Crippen LogP contribution in [0, 0.1) is 5.82 Å². The van der Waals surface area contributed by atoms with Crippen LogP contribution < -0.4 is 5.32 Å². The molecule has 1 aromatic heterocycles. The van der Waals surface area contributed by atoms with Crippen molar-refractivity contribution >= 4 is 11.3 Å². The molecular formula is C12H12FNS. The van der Waals surface area contributed by atoms with Gasteiger partial charge in [-0.2, -0.15) is 0 Å². The Balaban J connectivity index is 2.35. The van der Waals surface area contributed by atoms with Crippen LogP contribution in [0.5, 0.6) is 0 Å². The van der Waals surface area contributed by atoms with E-state index in [1.54, 1.807) is 23.5 Å². The topological polar surface area (TPSA) is 12.0 Å². The van der Waals surface area contributed by atoms with Crippen LogP contribution >= 0.6 is 11.3 Å². The van der Waals surface area contributed by atoms with Crippen LogP contribution in [0.3, 0.4) is 0 Å². The Morgan fingerprint density at radius 2 is 2.13 bits per heavy atom. The van der Waals surface area contributed by atoms with Gasteiger partial charge in [-0.25, -0.2) is 4.39 Å². The Hall–Kier alpha value is -1.19. The predicted octanol–water partition coefficient (Wildman–Crippen LogP) is 3.20. The van der Waals surface area contributed by atoms with Crippen molar-refractivity contribution in [2.24, 2.45) is 0 Å². The summed E-state index contributed by atoms with van der Waals surface area (Å²) >= 11 is 1.67. The van der Waals surface area contributed by atoms with Gasteiger partial charge in [-0.1, -0.05) is 18.2 Å². The Kier molecular flexibility index (Phi) is 3.14. The second kappa shape index (κ2) is 4.55. The molecule has 0 amide bonds. The van der Waals surface area contributed by atoms with Gasteiger partial charge < -0.3 is 5.32 Å². The molecule has 0 aliphatic carbocycles. The highest BCUT2D eigenvalue weighted by Gasteiger charge is 2.12. The Labute approximate surface area is 92.6 Å². The molecule has 1 heterocycles. The molecule has 1 nitrogen and oxygen atoms in total. The highest BCUT2D eigenvalue weighted by molar-refractivity contribution is 7.10. The first-order valence-corrected chi connectivity index (χ1v) is 5.65. The summed E-state index contributed by atoms with van der Waals surface area (Å²) in [6, 6.07) is 10.8. The molecule has 0 radical (unpaired) electrons. The van der Waals surface area contributed by atoms with E-state index >= 15 is 0 Å². The van der Waals surface area contributed by atoms with Gasteiger partial charge in [0.1, 0.15) is 5.82 Å².